The summed E-state index contributed by atoms with van der Waals surface area (Å²) in [7, 11) is 0.715. The standard InChI is InChI=1S/C46H56ClN10O8PS/c1-63-38-26-31(12-13-35(38)51-46-49-27-34(47)43(53-46)50-36-9-4-5-10-39(36)66(62,64-2)65-3)55-19-16-30(17-20-55)56-23-21-54(22-24-56)29-42(59)48-18-7-25-67-40-11-6-8-32-33(40)28-57(45(32)61)37-14-15-41(58)52-44(37)60/h4-6,8-13,26-27,30,37H,7,14-25,28-29H2,1-3H3,(H,48,59)(H,52,58,60)(H2,49,50,51,53). The van der Waals surface area contributed by atoms with Crippen LogP contribution in [0, 0.1) is 0 Å². The van der Waals surface area contributed by atoms with Crippen LogP contribution in [0.15, 0.2) is 71.8 Å². The maximum absolute atomic E-state index is 13.2. The fraction of sp³-hybridized carbons (Fsp3) is 0.435. The Hall–Kier alpha value is -5.27. The molecule has 4 aliphatic rings. The molecule has 67 heavy (non-hydrogen) atoms. The van der Waals surface area contributed by atoms with Crippen LogP contribution in [0.4, 0.5) is 28.8 Å². The van der Waals surface area contributed by atoms with Gasteiger partial charge in [0.1, 0.15) is 16.8 Å². The molecule has 0 radical (unpaired) electrons. The number of imide groups is 1. The minimum atomic E-state index is -3.57. The highest BCUT2D eigenvalue weighted by molar-refractivity contribution is 7.99. The number of piperazine rings is 1. The second kappa shape index (κ2) is 21.8. The van der Waals surface area contributed by atoms with Crippen molar-refractivity contribution in [3.05, 3.63) is 83.0 Å². The van der Waals surface area contributed by atoms with Gasteiger partial charge in [-0.2, -0.15) is 4.98 Å². The Morgan fingerprint density at radius 3 is 2.45 bits per heavy atom. The predicted molar refractivity (Wildman–Crippen MR) is 258 cm³/mol. The van der Waals surface area contributed by atoms with Gasteiger partial charge in [0.2, 0.25) is 23.7 Å². The van der Waals surface area contributed by atoms with E-state index in [9.17, 15) is 23.7 Å². The number of para-hydroxylation sites is 1. The van der Waals surface area contributed by atoms with Gasteiger partial charge in [0, 0.05) is 101 Å². The second-order valence-corrected chi connectivity index (χ2v) is 20.4. The fourth-order valence-electron chi connectivity index (χ4n) is 9.04. The number of anilines is 5. The Bertz CT molecular complexity index is 2520. The van der Waals surface area contributed by atoms with Crippen molar-refractivity contribution in [3.63, 3.8) is 0 Å². The molecular formula is C46H56ClN10O8PS. The van der Waals surface area contributed by atoms with Crippen LogP contribution >= 0.6 is 31.0 Å². The molecule has 4 aliphatic heterocycles. The van der Waals surface area contributed by atoms with Gasteiger partial charge in [-0.05, 0) is 73.4 Å². The molecule has 8 rings (SSSR count). The van der Waals surface area contributed by atoms with E-state index in [-0.39, 0.29) is 35.1 Å². The molecular weight excluding hydrogens is 919 g/mol. The van der Waals surface area contributed by atoms with Crippen molar-refractivity contribution in [2.75, 3.05) is 95.0 Å². The number of hydrogen-bond donors (Lipinski definition) is 4. The SMILES string of the molecule is COc1cc(N2CCC(N3CCN(CC(=O)NCCCSc4cccc5c4CN(C4CCC(=O)NC4=O)C5=O)CC3)CC2)ccc1Nc1ncc(Cl)c(Nc2ccccc2P(=O)(OC)OC)n1. The van der Waals surface area contributed by atoms with E-state index in [1.165, 1.54) is 20.4 Å². The maximum Gasteiger partial charge on any atom is 0.362 e. The van der Waals surface area contributed by atoms with Gasteiger partial charge in [0.15, 0.2) is 5.82 Å². The summed E-state index contributed by atoms with van der Waals surface area (Å²) in [5.74, 6) is 1.11. The zero-order valence-corrected chi connectivity index (χ0v) is 40.3. The number of carbonyl (C=O) groups excluding carboxylic acids is 4. The van der Waals surface area contributed by atoms with Crippen LogP contribution in [0.2, 0.25) is 5.02 Å². The quantitative estimate of drug-likeness (QED) is 0.0428. The van der Waals surface area contributed by atoms with Gasteiger partial charge in [-0.3, -0.25) is 38.9 Å². The first-order valence-electron chi connectivity index (χ1n) is 22.4. The van der Waals surface area contributed by atoms with Gasteiger partial charge in [0.05, 0.1) is 36.5 Å². The lowest BCUT2D eigenvalue weighted by molar-refractivity contribution is -0.137. The first-order chi connectivity index (χ1) is 32.5. The van der Waals surface area contributed by atoms with Crippen molar-refractivity contribution in [2.24, 2.45) is 0 Å². The van der Waals surface area contributed by atoms with Gasteiger partial charge >= 0.3 is 7.60 Å². The molecule has 1 aromatic heterocycles. The molecule has 18 nitrogen and oxygen atoms in total. The lowest BCUT2D eigenvalue weighted by atomic mass is 10.0. The topological polar surface area (TPSA) is 200 Å². The number of rotatable bonds is 18. The molecule has 1 atom stereocenters. The normalized spacial score (nSPS) is 18.4. The Labute approximate surface area is 399 Å². The molecule has 0 saturated carbocycles. The van der Waals surface area contributed by atoms with Crippen LogP contribution in [0.3, 0.4) is 0 Å². The highest BCUT2D eigenvalue weighted by Crippen LogP contribution is 2.47. The molecule has 356 valence electrons. The number of nitrogens with one attached hydrogen (secondary N) is 4. The number of nitrogens with zero attached hydrogens (tertiary/aromatic N) is 6. The van der Waals surface area contributed by atoms with Crippen LogP contribution in [0.5, 0.6) is 5.75 Å². The summed E-state index contributed by atoms with van der Waals surface area (Å²) in [5.41, 5.74) is 3.73. The van der Waals surface area contributed by atoms with E-state index in [2.05, 4.69) is 52.0 Å². The molecule has 3 saturated heterocycles. The first kappa shape index (κ1) is 48.2. The number of fused-ring (bicyclic) bond motifs is 1. The van der Waals surface area contributed by atoms with Crippen LogP contribution in [-0.4, -0.2) is 140 Å². The van der Waals surface area contributed by atoms with E-state index in [4.69, 9.17) is 25.4 Å². The van der Waals surface area contributed by atoms with Gasteiger partial charge in [0.25, 0.3) is 5.91 Å². The predicted octanol–water partition coefficient (Wildman–Crippen LogP) is 5.38. The molecule has 21 heteroatoms. The van der Waals surface area contributed by atoms with E-state index in [0.29, 0.717) is 65.9 Å². The van der Waals surface area contributed by atoms with Gasteiger partial charge in [-0.25, -0.2) is 4.98 Å². The molecule has 5 heterocycles. The average Bonchev–Trinajstić information content (AvgIpc) is 3.68. The average molecular weight is 976 g/mol. The number of aromatic nitrogens is 2. The largest absolute Gasteiger partial charge is 0.494 e. The van der Waals surface area contributed by atoms with E-state index in [1.807, 2.05) is 24.3 Å². The summed E-state index contributed by atoms with van der Waals surface area (Å²) in [6.45, 7) is 6.63. The lowest BCUT2D eigenvalue weighted by Crippen LogP contribution is -2.54. The van der Waals surface area contributed by atoms with E-state index in [1.54, 1.807) is 54.1 Å². The van der Waals surface area contributed by atoms with Crippen LogP contribution in [0.1, 0.15) is 48.0 Å². The highest BCUT2D eigenvalue weighted by atomic mass is 35.5. The number of hydrogen-bond acceptors (Lipinski definition) is 16. The Morgan fingerprint density at radius 1 is 0.925 bits per heavy atom. The number of thioether (sulfide) groups is 1. The summed E-state index contributed by atoms with van der Waals surface area (Å²) in [6, 6.07) is 18.4. The van der Waals surface area contributed by atoms with Gasteiger partial charge in [-0.1, -0.05) is 29.8 Å². The molecule has 4 aromatic rings. The number of carbonyl (C=O) groups is 4. The smallest absolute Gasteiger partial charge is 0.362 e. The molecule has 0 aliphatic carbocycles. The minimum Gasteiger partial charge on any atom is -0.494 e. The minimum absolute atomic E-state index is 0.0260. The summed E-state index contributed by atoms with van der Waals surface area (Å²) >= 11 is 8.14. The third-order valence-electron chi connectivity index (χ3n) is 12.7. The van der Waals surface area contributed by atoms with Crippen LogP contribution in [0.25, 0.3) is 0 Å². The number of methoxy groups -OCH3 is 1. The van der Waals surface area contributed by atoms with Crippen molar-refractivity contribution in [1.29, 1.82) is 0 Å². The summed E-state index contributed by atoms with van der Waals surface area (Å²) in [4.78, 5) is 68.9. The number of ether oxygens (including phenoxy) is 1. The van der Waals surface area contributed by atoms with Gasteiger partial charge in [-0.15, -0.1) is 11.8 Å². The molecule has 4 amide bonds. The van der Waals surface area contributed by atoms with Crippen LogP contribution < -0.4 is 36.2 Å². The number of amides is 4. The molecule has 4 N–H and O–H groups in total. The van der Waals surface area contributed by atoms with Crippen LogP contribution in [-0.2, 0) is 34.5 Å². The van der Waals surface area contributed by atoms with Gasteiger partial charge < -0.3 is 39.5 Å². The lowest BCUT2D eigenvalue weighted by Gasteiger charge is -2.43. The molecule has 3 fully saturated rings. The van der Waals surface area contributed by atoms with E-state index < -0.39 is 19.5 Å². The monoisotopic (exact) mass is 974 g/mol. The number of piperidine rings is 2. The zero-order chi connectivity index (χ0) is 47.1. The number of halogens is 1. The van der Waals surface area contributed by atoms with E-state index >= 15 is 0 Å². The van der Waals surface area contributed by atoms with Crippen molar-refractivity contribution in [2.45, 2.75) is 55.6 Å². The maximum atomic E-state index is 13.2. The summed E-state index contributed by atoms with van der Waals surface area (Å²) in [5, 5.41) is 12.4. The molecule has 0 spiro atoms. The second-order valence-electron chi connectivity index (χ2n) is 16.7. The Kier molecular flexibility index (Phi) is 15.7. The summed E-state index contributed by atoms with van der Waals surface area (Å²) in [6.07, 6.45) is 4.87. The molecule has 1 unspecified atom stereocenters. The van der Waals surface area contributed by atoms with E-state index in [0.717, 1.165) is 80.4 Å². The number of benzene rings is 3. The molecule has 3 aromatic carbocycles. The zero-order valence-electron chi connectivity index (χ0n) is 37.8. The van der Waals surface area contributed by atoms with Crippen molar-refractivity contribution < 1.29 is 37.5 Å². The fourth-order valence-corrected chi connectivity index (χ4v) is 11.4. The third-order valence-corrected chi connectivity index (χ3v) is 16.1. The van der Waals surface area contributed by atoms with Crippen molar-refractivity contribution in [3.8, 4) is 5.75 Å². The summed E-state index contributed by atoms with van der Waals surface area (Å²) < 4.78 is 29.5. The first-order valence-corrected chi connectivity index (χ1v) is 25.3. The van der Waals surface area contributed by atoms with Crippen molar-refractivity contribution >= 4 is 88.7 Å². The molecule has 0 bridgehead atoms. The highest BCUT2D eigenvalue weighted by Gasteiger charge is 2.40. The third kappa shape index (κ3) is 11.2. The Balaban J connectivity index is 0.749. The Morgan fingerprint density at radius 2 is 1.70 bits per heavy atom. The van der Waals surface area contributed by atoms with Crippen molar-refractivity contribution in [1.82, 2.24) is 35.3 Å².